The molecule has 0 atom stereocenters. The number of amides is 1. The molecule has 0 aromatic heterocycles. The van der Waals surface area contributed by atoms with Crippen molar-refractivity contribution >= 4 is 29.3 Å². The number of likely N-dealkylation sites (tertiary alicyclic amines) is 1. The van der Waals surface area contributed by atoms with Crippen molar-refractivity contribution in [2.45, 2.75) is 50.5 Å². The zero-order valence-electron chi connectivity index (χ0n) is 18.2. The predicted octanol–water partition coefficient (Wildman–Crippen LogP) is 5.97. The molecule has 0 unspecified atom stereocenters. The van der Waals surface area contributed by atoms with Crippen molar-refractivity contribution < 1.29 is 27.8 Å². The van der Waals surface area contributed by atoms with Gasteiger partial charge in [0.2, 0.25) is 0 Å². The quantitative estimate of drug-likeness (QED) is 0.435. The second-order valence-electron chi connectivity index (χ2n) is 7.73. The van der Waals surface area contributed by atoms with Crippen LogP contribution in [0, 0.1) is 0 Å². The molecule has 1 aliphatic rings. The summed E-state index contributed by atoms with van der Waals surface area (Å²) < 4.78 is 43.5. The zero-order valence-corrected chi connectivity index (χ0v) is 19.7. The number of aromatic hydroxyl groups is 1. The molecule has 1 heterocycles. The minimum absolute atomic E-state index is 0.0357. The van der Waals surface area contributed by atoms with Crippen molar-refractivity contribution in [3.8, 4) is 11.5 Å². The average Bonchev–Trinajstić information content (AvgIpc) is 2.75. The third-order valence-corrected chi connectivity index (χ3v) is 6.59. The third-order valence-electron chi connectivity index (χ3n) is 5.26. The number of nitrogens with zero attached hydrogens (tertiary/aromatic N) is 1. The number of rotatable bonds is 8. The number of hydrogen-bond acceptors (Lipinski definition) is 5. The van der Waals surface area contributed by atoms with Crippen molar-refractivity contribution in [3.05, 3.63) is 52.0 Å². The highest BCUT2D eigenvalue weighted by Crippen LogP contribution is 2.34. The van der Waals surface area contributed by atoms with E-state index in [-0.39, 0.29) is 35.0 Å². The fourth-order valence-electron chi connectivity index (χ4n) is 3.73. The summed E-state index contributed by atoms with van der Waals surface area (Å²) in [6.07, 6.45) is -1.88. The fraction of sp³-hybridized carbons (Fsp3) is 0.435. The Morgan fingerprint density at radius 2 is 1.94 bits per heavy atom. The highest BCUT2D eigenvalue weighted by molar-refractivity contribution is 7.99. The molecule has 2 aromatic rings. The summed E-state index contributed by atoms with van der Waals surface area (Å²) in [6.45, 7) is 3.83. The van der Waals surface area contributed by atoms with E-state index in [1.807, 2.05) is 11.8 Å². The molecule has 0 radical (unpaired) electrons. The molecule has 0 aliphatic carbocycles. The van der Waals surface area contributed by atoms with E-state index in [1.165, 1.54) is 6.07 Å². The molecule has 10 heteroatoms. The van der Waals surface area contributed by atoms with E-state index >= 15 is 0 Å². The number of ether oxygens (including phenoxy) is 1. The maximum absolute atomic E-state index is 13.1. The number of thioether (sulfide) groups is 1. The van der Waals surface area contributed by atoms with Crippen LogP contribution in [0.15, 0.2) is 35.2 Å². The third kappa shape index (κ3) is 7.45. The van der Waals surface area contributed by atoms with Gasteiger partial charge in [0.05, 0.1) is 0 Å². The number of carbonyl (C=O) groups is 1. The first-order valence-corrected chi connectivity index (χ1v) is 12.1. The van der Waals surface area contributed by atoms with Crippen molar-refractivity contribution in [1.82, 2.24) is 10.2 Å². The van der Waals surface area contributed by atoms with Gasteiger partial charge in [0.15, 0.2) is 0 Å². The van der Waals surface area contributed by atoms with E-state index in [9.17, 15) is 23.1 Å². The molecule has 1 aliphatic heterocycles. The Morgan fingerprint density at radius 1 is 1.21 bits per heavy atom. The molecule has 3 rings (SSSR count). The number of phenols is 1. The lowest BCUT2D eigenvalue weighted by molar-refractivity contribution is -0.275. The van der Waals surface area contributed by atoms with Gasteiger partial charge in [0, 0.05) is 34.1 Å². The average molecular weight is 503 g/mol. The van der Waals surface area contributed by atoms with Gasteiger partial charge in [0.25, 0.3) is 5.91 Å². The van der Waals surface area contributed by atoms with Gasteiger partial charge >= 0.3 is 6.36 Å². The maximum atomic E-state index is 13.1. The van der Waals surface area contributed by atoms with Gasteiger partial charge in [-0.2, -0.15) is 0 Å². The van der Waals surface area contributed by atoms with Crippen LogP contribution in [0.1, 0.15) is 47.7 Å². The molecule has 1 saturated heterocycles. The minimum Gasteiger partial charge on any atom is -0.508 e. The molecule has 2 aromatic carbocycles. The first kappa shape index (κ1) is 25.5. The number of alkyl halides is 3. The van der Waals surface area contributed by atoms with Gasteiger partial charge < -0.3 is 15.2 Å². The van der Waals surface area contributed by atoms with Crippen LogP contribution in [0.25, 0.3) is 0 Å². The number of benzene rings is 2. The number of nitrogens with one attached hydrogen (secondary N) is 1. The van der Waals surface area contributed by atoms with Gasteiger partial charge in [-0.25, -0.2) is 0 Å². The zero-order chi connectivity index (χ0) is 24.0. The van der Waals surface area contributed by atoms with Crippen LogP contribution in [0.4, 0.5) is 13.2 Å². The topological polar surface area (TPSA) is 61.8 Å². The molecule has 180 valence electrons. The lowest BCUT2D eigenvalue weighted by Gasteiger charge is -2.28. The number of hydrogen-bond donors (Lipinski definition) is 2. The normalized spacial score (nSPS) is 14.8. The van der Waals surface area contributed by atoms with Crippen LogP contribution in [0.5, 0.6) is 11.5 Å². The molecule has 2 N–H and O–H groups in total. The molecule has 1 fully saturated rings. The van der Waals surface area contributed by atoms with Gasteiger partial charge in [-0.15, -0.1) is 24.9 Å². The van der Waals surface area contributed by atoms with Crippen molar-refractivity contribution in [2.75, 3.05) is 18.8 Å². The molecule has 5 nitrogen and oxygen atoms in total. The van der Waals surface area contributed by atoms with Gasteiger partial charge in [0.1, 0.15) is 11.5 Å². The summed E-state index contributed by atoms with van der Waals surface area (Å²) in [5, 5.41) is 12.5. The van der Waals surface area contributed by atoms with Crippen LogP contribution >= 0.6 is 23.4 Å². The van der Waals surface area contributed by atoms with Crippen LogP contribution in [-0.4, -0.2) is 41.1 Å². The molecule has 0 saturated carbocycles. The van der Waals surface area contributed by atoms with E-state index in [4.69, 9.17) is 11.6 Å². The van der Waals surface area contributed by atoms with Crippen LogP contribution < -0.4 is 10.1 Å². The van der Waals surface area contributed by atoms with Crippen LogP contribution in [-0.2, 0) is 13.1 Å². The number of piperidine rings is 1. The Kier molecular flexibility index (Phi) is 8.78. The first-order chi connectivity index (χ1) is 15.7. The highest BCUT2D eigenvalue weighted by Gasteiger charge is 2.33. The molecule has 33 heavy (non-hydrogen) atoms. The second kappa shape index (κ2) is 11.4. The summed E-state index contributed by atoms with van der Waals surface area (Å²) in [5.74, 6) is -0.196. The van der Waals surface area contributed by atoms with E-state index in [0.717, 1.165) is 49.1 Å². The molecular weight excluding hydrogens is 477 g/mol. The fourth-order valence-corrected chi connectivity index (χ4v) is 4.79. The monoisotopic (exact) mass is 502 g/mol. The lowest BCUT2D eigenvalue weighted by Crippen LogP contribution is -2.30. The summed E-state index contributed by atoms with van der Waals surface area (Å²) >= 11 is 7.90. The standard InChI is InChI=1S/C23H26ClF3N2O3S/c1-2-33-21-7-6-17(30)10-16(21)13-28-22(31)15-11-19(24)18(14-29-8-4-3-5-9-29)20(12-15)32-23(25,26)27/h6-7,10-12,30H,2-5,8-9,13-14H2,1H3,(H,28,31). The van der Waals surface area contributed by atoms with Crippen LogP contribution in [0.2, 0.25) is 5.02 Å². The van der Waals surface area contributed by atoms with Crippen molar-refractivity contribution in [2.24, 2.45) is 0 Å². The number of carbonyl (C=O) groups excluding carboxylic acids is 1. The summed E-state index contributed by atoms with van der Waals surface area (Å²) in [6, 6.07) is 7.31. The first-order valence-electron chi connectivity index (χ1n) is 10.7. The summed E-state index contributed by atoms with van der Waals surface area (Å²) in [7, 11) is 0. The Balaban J connectivity index is 1.82. The van der Waals surface area contributed by atoms with Crippen molar-refractivity contribution in [3.63, 3.8) is 0 Å². The minimum atomic E-state index is -4.91. The van der Waals surface area contributed by atoms with E-state index in [2.05, 4.69) is 10.1 Å². The summed E-state index contributed by atoms with van der Waals surface area (Å²) in [4.78, 5) is 15.7. The highest BCUT2D eigenvalue weighted by atomic mass is 35.5. The van der Waals surface area contributed by atoms with Gasteiger partial charge in [-0.3, -0.25) is 9.69 Å². The molecule has 0 bridgehead atoms. The van der Waals surface area contributed by atoms with Gasteiger partial charge in [-0.1, -0.05) is 24.9 Å². The predicted molar refractivity (Wildman–Crippen MR) is 123 cm³/mol. The largest absolute Gasteiger partial charge is 0.573 e. The van der Waals surface area contributed by atoms with E-state index in [1.54, 1.807) is 30.0 Å². The van der Waals surface area contributed by atoms with Gasteiger partial charge in [-0.05, 0) is 67.6 Å². The smallest absolute Gasteiger partial charge is 0.508 e. The Hall–Kier alpha value is -2.10. The molecular formula is C23H26ClF3N2O3S. The Labute approximate surface area is 200 Å². The number of phenolic OH excluding ortho intramolecular Hbond substituents is 1. The second-order valence-corrected chi connectivity index (χ2v) is 9.44. The molecule has 0 spiro atoms. The lowest BCUT2D eigenvalue weighted by atomic mass is 10.1. The van der Waals surface area contributed by atoms with E-state index in [0.29, 0.717) is 5.56 Å². The number of halogens is 4. The molecule has 1 amide bonds. The maximum Gasteiger partial charge on any atom is 0.573 e. The van der Waals surface area contributed by atoms with Crippen LogP contribution in [0.3, 0.4) is 0 Å². The van der Waals surface area contributed by atoms with Crippen molar-refractivity contribution in [1.29, 1.82) is 0 Å². The Morgan fingerprint density at radius 3 is 2.61 bits per heavy atom. The van der Waals surface area contributed by atoms with E-state index < -0.39 is 18.0 Å². The summed E-state index contributed by atoms with van der Waals surface area (Å²) in [5.41, 5.74) is 0.878. The SMILES string of the molecule is CCSc1ccc(O)cc1CNC(=O)c1cc(Cl)c(CN2CCCCC2)c(OC(F)(F)F)c1. The Bertz CT molecular complexity index is 982.